The number of hydrogen-bond donors (Lipinski definition) is 0. The van der Waals surface area contributed by atoms with Crippen molar-refractivity contribution in [3.05, 3.63) is 36.5 Å². The fraction of sp³-hybridized carbons (Fsp3) is 0.839. The van der Waals surface area contributed by atoms with Crippen LogP contribution in [0.4, 0.5) is 0 Å². The monoisotopic (exact) mass is 871 g/mol. The molecule has 0 aromatic carbocycles. The SMILES string of the molecule is CCCCC/C=C\C=C/CCCCCCCCC(=O)OC(COC(=O)CCCCC/C=C\CCCCCCCC)COC(=O)CCCCCCCCCCCCCCCCCC. The quantitative estimate of drug-likeness (QED) is 0.0199. The Kier molecular flexibility index (Phi) is 49.3. The Morgan fingerprint density at radius 1 is 0.323 bits per heavy atom. The summed E-state index contributed by atoms with van der Waals surface area (Å²) in [6.07, 6.45) is 59.8. The molecule has 0 aliphatic heterocycles. The van der Waals surface area contributed by atoms with E-state index in [1.54, 1.807) is 0 Å². The van der Waals surface area contributed by atoms with E-state index in [1.807, 2.05) is 0 Å². The molecule has 0 bridgehead atoms. The minimum absolute atomic E-state index is 0.0785. The van der Waals surface area contributed by atoms with Crippen LogP contribution in [0.5, 0.6) is 0 Å². The van der Waals surface area contributed by atoms with Gasteiger partial charge in [-0.2, -0.15) is 0 Å². The normalized spacial score (nSPS) is 12.2. The minimum Gasteiger partial charge on any atom is -0.462 e. The van der Waals surface area contributed by atoms with Crippen molar-refractivity contribution in [2.45, 2.75) is 290 Å². The van der Waals surface area contributed by atoms with Gasteiger partial charge in [-0.1, -0.05) is 231 Å². The van der Waals surface area contributed by atoms with Gasteiger partial charge in [0.2, 0.25) is 0 Å². The lowest BCUT2D eigenvalue weighted by Gasteiger charge is -2.18. The van der Waals surface area contributed by atoms with Gasteiger partial charge < -0.3 is 14.2 Å². The molecule has 6 heteroatoms. The third kappa shape index (κ3) is 48.7. The summed E-state index contributed by atoms with van der Waals surface area (Å²) in [5, 5.41) is 0. The van der Waals surface area contributed by atoms with Crippen molar-refractivity contribution >= 4 is 17.9 Å². The summed E-state index contributed by atoms with van der Waals surface area (Å²) >= 11 is 0. The number of rotatable bonds is 49. The largest absolute Gasteiger partial charge is 0.462 e. The summed E-state index contributed by atoms with van der Waals surface area (Å²) in [6, 6.07) is 0. The Morgan fingerprint density at radius 3 is 0.952 bits per heavy atom. The topological polar surface area (TPSA) is 78.9 Å². The molecule has 1 atom stereocenters. The lowest BCUT2D eigenvalue weighted by molar-refractivity contribution is -0.167. The first-order valence-corrected chi connectivity index (χ1v) is 27.0. The van der Waals surface area contributed by atoms with Crippen LogP contribution in [-0.4, -0.2) is 37.2 Å². The molecule has 362 valence electrons. The molecule has 0 aromatic rings. The molecular formula is C56H102O6. The van der Waals surface area contributed by atoms with E-state index in [-0.39, 0.29) is 31.1 Å². The fourth-order valence-corrected chi connectivity index (χ4v) is 7.78. The van der Waals surface area contributed by atoms with Crippen LogP contribution in [0.25, 0.3) is 0 Å². The van der Waals surface area contributed by atoms with Gasteiger partial charge in [-0.15, -0.1) is 0 Å². The summed E-state index contributed by atoms with van der Waals surface area (Å²) in [6.45, 7) is 6.61. The van der Waals surface area contributed by atoms with Gasteiger partial charge in [0.1, 0.15) is 13.2 Å². The summed E-state index contributed by atoms with van der Waals surface area (Å²) in [4.78, 5) is 38.0. The van der Waals surface area contributed by atoms with Crippen LogP contribution in [0, 0.1) is 0 Å². The van der Waals surface area contributed by atoms with Crippen LogP contribution < -0.4 is 0 Å². The molecule has 0 saturated heterocycles. The van der Waals surface area contributed by atoms with E-state index in [0.29, 0.717) is 19.3 Å². The smallest absolute Gasteiger partial charge is 0.306 e. The maximum Gasteiger partial charge on any atom is 0.306 e. The van der Waals surface area contributed by atoms with Crippen molar-refractivity contribution in [2.24, 2.45) is 0 Å². The number of allylic oxidation sites excluding steroid dienone is 6. The fourth-order valence-electron chi connectivity index (χ4n) is 7.78. The van der Waals surface area contributed by atoms with Gasteiger partial charge in [-0.3, -0.25) is 14.4 Å². The maximum absolute atomic E-state index is 12.8. The molecule has 6 nitrogen and oxygen atoms in total. The van der Waals surface area contributed by atoms with Crippen LogP contribution in [0.3, 0.4) is 0 Å². The average Bonchev–Trinajstić information content (AvgIpc) is 3.27. The number of esters is 3. The first-order valence-electron chi connectivity index (χ1n) is 27.0. The first-order chi connectivity index (χ1) is 30.5. The zero-order valence-corrected chi connectivity index (χ0v) is 41.4. The molecule has 62 heavy (non-hydrogen) atoms. The summed E-state index contributed by atoms with van der Waals surface area (Å²) in [5.74, 6) is -0.894. The number of hydrogen-bond acceptors (Lipinski definition) is 6. The van der Waals surface area contributed by atoms with Crippen molar-refractivity contribution in [1.29, 1.82) is 0 Å². The molecule has 0 amide bonds. The minimum atomic E-state index is -0.780. The van der Waals surface area contributed by atoms with Gasteiger partial charge in [-0.05, 0) is 70.6 Å². The van der Waals surface area contributed by atoms with Crippen molar-refractivity contribution in [3.8, 4) is 0 Å². The Labute approximate surface area is 385 Å². The Morgan fingerprint density at radius 2 is 0.581 bits per heavy atom. The molecule has 0 saturated carbocycles. The standard InChI is InChI=1S/C56H102O6/c1-4-7-10-13-16-19-22-25-27-29-31-34-37-40-43-46-49-55(58)61-52-53(51-60-54(57)48-45-42-39-36-33-30-24-21-18-15-12-9-6-3)62-56(59)50-47-44-41-38-35-32-28-26-23-20-17-14-11-8-5-2/h17,20,23,26,30,33,53H,4-16,18-19,21-22,24-25,27-29,31-32,34-52H2,1-3H3/b20-17-,26-23-,33-30-. The molecule has 0 aliphatic carbocycles. The summed E-state index contributed by atoms with van der Waals surface area (Å²) in [5.41, 5.74) is 0. The zero-order chi connectivity index (χ0) is 45.1. The lowest BCUT2D eigenvalue weighted by atomic mass is 10.0. The van der Waals surface area contributed by atoms with Crippen LogP contribution in [0.1, 0.15) is 284 Å². The predicted molar refractivity (Wildman–Crippen MR) is 266 cm³/mol. The molecule has 0 rings (SSSR count). The van der Waals surface area contributed by atoms with E-state index in [2.05, 4.69) is 57.2 Å². The third-order valence-electron chi connectivity index (χ3n) is 11.9. The molecular weight excluding hydrogens is 769 g/mol. The van der Waals surface area contributed by atoms with Crippen molar-refractivity contribution in [3.63, 3.8) is 0 Å². The second-order valence-corrected chi connectivity index (χ2v) is 18.2. The van der Waals surface area contributed by atoms with Crippen LogP contribution in [-0.2, 0) is 28.6 Å². The predicted octanol–water partition coefficient (Wildman–Crippen LogP) is 17.7. The van der Waals surface area contributed by atoms with Gasteiger partial charge in [0.15, 0.2) is 6.10 Å². The van der Waals surface area contributed by atoms with Gasteiger partial charge >= 0.3 is 17.9 Å². The van der Waals surface area contributed by atoms with E-state index < -0.39 is 6.10 Å². The van der Waals surface area contributed by atoms with E-state index in [0.717, 1.165) is 77.0 Å². The first kappa shape index (κ1) is 59.6. The lowest BCUT2D eigenvalue weighted by Crippen LogP contribution is -2.30. The third-order valence-corrected chi connectivity index (χ3v) is 11.9. The molecule has 0 aromatic heterocycles. The Balaban J connectivity index is 4.38. The average molecular weight is 871 g/mol. The van der Waals surface area contributed by atoms with Crippen LogP contribution in [0.2, 0.25) is 0 Å². The van der Waals surface area contributed by atoms with E-state index in [9.17, 15) is 14.4 Å². The molecule has 0 N–H and O–H groups in total. The summed E-state index contributed by atoms with van der Waals surface area (Å²) in [7, 11) is 0. The van der Waals surface area contributed by atoms with Gasteiger partial charge in [0.25, 0.3) is 0 Å². The van der Waals surface area contributed by atoms with E-state index in [4.69, 9.17) is 14.2 Å². The van der Waals surface area contributed by atoms with Crippen molar-refractivity contribution in [1.82, 2.24) is 0 Å². The molecule has 0 fully saturated rings. The van der Waals surface area contributed by atoms with Gasteiger partial charge in [0, 0.05) is 19.3 Å². The molecule has 0 aliphatic rings. The maximum atomic E-state index is 12.8. The highest BCUT2D eigenvalue weighted by atomic mass is 16.6. The Bertz CT molecular complexity index is 1050. The number of carbonyl (C=O) groups is 3. The number of carbonyl (C=O) groups excluding carboxylic acids is 3. The van der Waals surface area contributed by atoms with Crippen LogP contribution in [0.15, 0.2) is 36.5 Å². The number of unbranched alkanes of at least 4 members (excludes halogenated alkanes) is 33. The highest BCUT2D eigenvalue weighted by Crippen LogP contribution is 2.16. The van der Waals surface area contributed by atoms with Gasteiger partial charge in [0.05, 0.1) is 0 Å². The molecule has 0 heterocycles. The van der Waals surface area contributed by atoms with E-state index >= 15 is 0 Å². The number of ether oxygens (including phenoxy) is 3. The molecule has 0 radical (unpaired) electrons. The second kappa shape index (κ2) is 51.3. The Hall–Kier alpha value is -2.37. The van der Waals surface area contributed by atoms with E-state index in [1.165, 1.54) is 167 Å². The molecule has 1 unspecified atom stereocenters. The highest BCUT2D eigenvalue weighted by molar-refractivity contribution is 5.71. The van der Waals surface area contributed by atoms with Crippen molar-refractivity contribution in [2.75, 3.05) is 13.2 Å². The second-order valence-electron chi connectivity index (χ2n) is 18.2. The zero-order valence-electron chi connectivity index (χ0n) is 41.4. The van der Waals surface area contributed by atoms with Crippen molar-refractivity contribution < 1.29 is 28.6 Å². The highest BCUT2D eigenvalue weighted by Gasteiger charge is 2.19. The summed E-state index contributed by atoms with van der Waals surface area (Å²) < 4.78 is 16.8. The molecule has 0 spiro atoms. The van der Waals surface area contributed by atoms with Gasteiger partial charge in [-0.25, -0.2) is 0 Å². The van der Waals surface area contributed by atoms with Crippen LogP contribution >= 0.6 is 0 Å².